The Balaban J connectivity index is 1.86. The Morgan fingerprint density at radius 1 is 1.48 bits per heavy atom. The number of hydrogen-bond donors (Lipinski definition) is 1. The van der Waals surface area contributed by atoms with Crippen LogP contribution in [0.5, 0.6) is 0 Å². The number of sulfonamides is 1. The molecule has 9 heteroatoms. The minimum atomic E-state index is -3.64. The summed E-state index contributed by atoms with van der Waals surface area (Å²) in [7, 11) is -3.64. The van der Waals surface area contributed by atoms with Crippen molar-refractivity contribution in [3.05, 3.63) is 10.9 Å². The van der Waals surface area contributed by atoms with Crippen molar-refractivity contribution in [1.29, 1.82) is 0 Å². The monoisotopic (exact) mass is 331 g/mol. The number of piperidine rings is 1. The molecular formula is C12H17N3O4S2. The quantitative estimate of drug-likeness (QED) is 0.855. The SMILES string of the molecule is CC1(C)OC2(CCCN(S(=O)(=O)c3cscn3)C2)NC1=O. The fraction of sp³-hybridized carbons (Fsp3) is 0.667. The molecule has 1 aromatic heterocycles. The molecule has 2 aliphatic rings. The molecule has 2 aliphatic heterocycles. The number of carbonyl (C=O) groups is 1. The molecule has 0 aromatic carbocycles. The second-order valence-corrected chi connectivity index (χ2v) is 8.43. The molecule has 2 fully saturated rings. The number of amides is 1. The van der Waals surface area contributed by atoms with Gasteiger partial charge in [-0.2, -0.15) is 4.31 Å². The maximum atomic E-state index is 12.5. The minimum absolute atomic E-state index is 0.0492. The van der Waals surface area contributed by atoms with Crippen LogP contribution < -0.4 is 5.32 Å². The predicted molar refractivity (Wildman–Crippen MR) is 76.1 cm³/mol. The number of carbonyl (C=O) groups excluding carboxylic acids is 1. The Labute approximate surface area is 127 Å². The lowest BCUT2D eigenvalue weighted by Gasteiger charge is -2.38. The Morgan fingerprint density at radius 2 is 2.24 bits per heavy atom. The van der Waals surface area contributed by atoms with Crippen LogP contribution in [0, 0.1) is 0 Å². The molecule has 1 unspecified atom stereocenters. The van der Waals surface area contributed by atoms with Gasteiger partial charge in [-0.25, -0.2) is 13.4 Å². The van der Waals surface area contributed by atoms with Crippen LogP contribution in [0.3, 0.4) is 0 Å². The van der Waals surface area contributed by atoms with Gasteiger partial charge in [0.25, 0.3) is 15.9 Å². The number of hydrogen-bond acceptors (Lipinski definition) is 6. The first-order valence-corrected chi connectivity index (χ1v) is 9.05. The van der Waals surface area contributed by atoms with Crippen LogP contribution in [0.15, 0.2) is 15.9 Å². The van der Waals surface area contributed by atoms with Gasteiger partial charge in [-0.1, -0.05) is 0 Å². The molecule has 1 N–H and O–H groups in total. The molecule has 1 spiro atoms. The van der Waals surface area contributed by atoms with Gasteiger partial charge in [0.05, 0.1) is 12.1 Å². The normalized spacial score (nSPS) is 29.7. The standard InChI is InChI=1S/C12H17N3O4S2/c1-11(2)10(16)14-12(19-11)4-3-5-15(7-12)21(17,18)9-6-20-8-13-9/h6,8H,3-5,7H2,1-2H3,(H,14,16). The summed E-state index contributed by atoms with van der Waals surface area (Å²) in [6.45, 7) is 3.89. The fourth-order valence-electron chi connectivity index (χ4n) is 2.75. The van der Waals surface area contributed by atoms with Crippen molar-refractivity contribution in [2.24, 2.45) is 0 Å². The number of aromatic nitrogens is 1. The highest BCUT2D eigenvalue weighted by molar-refractivity contribution is 7.89. The van der Waals surface area contributed by atoms with E-state index < -0.39 is 21.3 Å². The van der Waals surface area contributed by atoms with Crippen molar-refractivity contribution >= 4 is 27.3 Å². The number of nitrogens with one attached hydrogen (secondary N) is 1. The molecule has 0 aliphatic carbocycles. The molecule has 0 radical (unpaired) electrons. The Bertz CT molecular complexity index is 656. The zero-order chi connectivity index (χ0) is 15.3. The van der Waals surface area contributed by atoms with Crippen LogP contribution in [-0.2, 0) is 19.6 Å². The van der Waals surface area contributed by atoms with Crippen LogP contribution in [0.2, 0.25) is 0 Å². The maximum Gasteiger partial charge on any atom is 0.261 e. The van der Waals surface area contributed by atoms with Crippen molar-refractivity contribution < 1.29 is 17.9 Å². The molecule has 2 saturated heterocycles. The fourth-order valence-corrected chi connectivity index (χ4v) is 5.08. The summed E-state index contributed by atoms with van der Waals surface area (Å²) >= 11 is 1.24. The molecule has 7 nitrogen and oxygen atoms in total. The van der Waals surface area contributed by atoms with Crippen LogP contribution in [0.25, 0.3) is 0 Å². The second-order valence-electron chi connectivity index (χ2n) is 5.83. The topological polar surface area (TPSA) is 88.6 Å². The molecule has 116 valence electrons. The Morgan fingerprint density at radius 3 is 2.81 bits per heavy atom. The van der Waals surface area contributed by atoms with Crippen LogP contribution in [0.1, 0.15) is 26.7 Å². The number of ether oxygens (including phenoxy) is 1. The van der Waals surface area contributed by atoms with E-state index in [0.717, 1.165) is 0 Å². The molecule has 0 bridgehead atoms. The van der Waals surface area contributed by atoms with Crippen molar-refractivity contribution in [2.75, 3.05) is 13.1 Å². The third-order valence-corrected chi connectivity index (χ3v) is 6.25. The van der Waals surface area contributed by atoms with Gasteiger partial charge in [0.2, 0.25) is 0 Å². The zero-order valence-electron chi connectivity index (χ0n) is 11.8. The van der Waals surface area contributed by atoms with Crippen LogP contribution in [0.4, 0.5) is 0 Å². The van der Waals surface area contributed by atoms with Gasteiger partial charge in [0.15, 0.2) is 10.8 Å². The predicted octanol–water partition coefficient (Wildman–Crippen LogP) is 0.549. The minimum Gasteiger partial charge on any atom is -0.339 e. The van der Waals surface area contributed by atoms with Crippen LogP contribution in [-0.4, -0.2) is 48.0 Å². The number of nitrogens with zero attached hydrogens (tertiary/aromatic N) is 2. The maximum absolute atomic E-state index is 12.5. The average Bonchev–Trinajstić information content (AvgIpc) is 2.98. The summed E-state index contributed by atoms with van der Waals surface area (Å²) in [6, 6.07) is 0. The Kier molecular flexibility index (Phi) is 3.36. The Hall–Kier alpha value is -1.03. The van der Waals surface area contributed by atoms with E-state index in [1.54, 1.807) is 13.8 Å². The van der Waals surface area contributed by atoms with Gasteiger partial charge in [-0.3, -0.25) is 4.79 Å². The summed E-state index contributed by atoms with van der Waals surface area (Å²) in [4.78, 5) is 15.8. The van der Waals surface area contributed by atoms with Gasteiger partial charge >= 0.3 is 0 Å². The molecule has 0 saturated carbocycles. The highest BCUT2D eigenvalue weighted by Crippen LogP contribution is 2.35. The summed E-state index contributed by atoms with van der Waals surface area (Å²) in [5.74, 6) is -0.213. The van der Waals surface area contributed by atoms with Gasteiger partial charge in [0.1, 0.15) is 5.60 Å². The van der Waals surface area contributed by atoms with E-state index in [1.807, 2.05) is 0 Å². The van der Waals surface area contributed by atoms with Gasteiger partial charge in [-0.15, -0.1) is 11.3 Å². The first-order valence-electron chi connectivity index (χ1n) is 6.66. The van der Waals surface area contributed by atoms with Crippen molar-refractivity contribution in [1.82, 2.24) is 14.6 Å². The van der Waals surface area contributed by atoms with E-state index in [2.05, 4.69) is 10.3 Å². The third-order valence-electron chi connectivity index (χ3n) is 3.77. The van der Waals surface area contributed by atoms with Gasteiger partial charge in [0, 0.05) is 11.9 Å². The first-order chi connectivity index (χ1) is 9.75. The summed E-state index contributed by atoms with van der Waals surface area (Å²) < 4.78 is 32.3. The van der Waals surface area contributed by atoms with E-state index in [-0.39, 0.29) is 17.5 Å². The van der Waals surface area contributed by atoms with Gasteiger partial charge < -0.3 is 10.1 Å². The van der Waals surface area contributed by atoms with E-state index in [4.69, 9.17) is 4.74 Å². The average molecular weight is 331 g/mol. The largest absolute Gasteiger partial charge is 0.339 e. The first kappa shape index (κ1) is 14.9. The molecule has 1 atom stereocenters. The van der Waals surface area contributed by atoms with E-state index in [0.29, 0.717) is 19.4 Å². The van der Waals surface area contributed by atoms with E-state index in [9.17, 15) is 13.2 Å². The van der Waals surface area contributed by atoms with E-state index in [1.165, 1.54) is 26.5 Å². The number of rotatable bonds is 2. The molecule has 21 heavy (non-hydrogen) atoms. The second kappa shape index (κ2) is 4.73. The molecule has 3 heterocycles. The summed E-state index contributed by atoms with van der Waals surface area (Å²) in [6.07, 6.45) is 1.23. The van der Waals surface area contributed by atoms with Crippen molar-refractivity contribution in [3.63, 3.8) is 0 Å². The lowest BCUT2D eigenvalue weighted by atomic mass is 10.0. The number of thiazole rings is 1. The zero-order valence-corrected chi connectivity index (χ0v) is 13.5. The molecular weight excluding hydrogens is 314 g/mol. The van der Waals surface area contributed by atoms with Crippen LogP contribution >= 0.6 is 11.3 Å². The third kappa shape index (κ3) is 2.48. The molecule has 1 amide bonds. The van der Waals surface area contributed by atoms with Gasteiger partial charge in [-0.05, 0) is 26.7 Å². The summed E-state index contributed by atoms with van der Waals surface area (Å²) in [5, 5.41) is 4.38. The summed E-state index contributed by atoms with van der Waals surface area (Å²) in [5.41, 5.74) is -0.376. The van der Waals surface area contributed by atoms with E-state index >= 15 is 0 Å². The lowest BCUT2D eigenvalue weighted by molar-refractivity contribution is -0.137. The smallest absolute Gasteiger partial charge is 0.261 e. The van der Waals surface area contributed by atoms with Crippen molar-refractivity contribution in [3.8, 4) is 0 Å². The molecule has 1 aromatic rings. The highest BCUT2D eigenvalue weighted by atomic mass is 32.2. The molecule has 3 rings (SSSR count). The highest BCUT2D eigenvalue weighted by Gasteiger charge is 2.53. The lowest BCUT2D eigenvalue weighted by Crippen LogP contribution is -2.56. The van der Waals surface area contributed by atoms with Crippen molar-refractivity contribution in [2.45, 2.75) is 43.0 Å².